The molecule has 2 heterocycles. The fourth-order valence-corrected chi connectivity index (χ4v) is 9.85. The van der Waals surface area contributed by atoms with Crippen LogP contribution in [0.2, 0.25) is 0 Å². The van der Waals surface area contributed by atoms with Crippen LogP contribution >= 0.6 is 0 Å². The Labute approximate surface area is 405 Å². The van der Waals surface area contributed by atoms with Gasteiger partial charge in [-0.05, 0) is 153 Å². The van der Waals surface area contributed by atoms with Crippen molar-refractivity contribution in [3.63, 3.8) is 0 Å². The van der Waals surface area contributed by atoms with Crippen LogP contribution in [-0.2, 0) is 25.7 Å². The Bertz CT molecular complexity index is 2840. The lowest BCUT2D eigenvalue weighted by Gasteiger charge is -2.24. The third-order valence-electron chi connectivity index (χ3n) is 13.6. The van der Waals surface area contributed by atoms with Crippen LogP contribution in [0.1, 0.15) is 124 Å². The molecule has 0 saturated heterocycles. The number of nitrogens with zero attached hydrogens (tertiary/aromatic N) is 4. The van der Waals surface area contributed by atoms with E-state index in [-0.39, 0.29) is 0 Å². The number of imidazole rings is 2. The second-order valence-corrected chi connectivity index (χ2v) is 19.8. The maximum Gasteiger partial charge on any atom is 0.144 e. The van der Waals surface area contributed by atoms with Crippen LogP contribution < -0.4 is 0 Å². The van der Waals surface area contributed by atoms with Gasteiger partial charge >= 0.3 is 0 Å². The van der Waals surface area contributed by atoms with Gasteiger partial charge in [-0.3, -0.25) is 9.13 Å². The molecule has 7 aromatic carbocycles. The van der Waals surface area contributed by atoms with Gasteiger partial charge in [-0.1, -0.05) is 177 Å². The number of hydrogen-bond acceptors (Lipinski definition) is 2. The first-order chi connectivity index (χ1) is 33.0. The zero-order chi connectivity index (χ0) is 47.3. The van der Waals surface area contributed by atoms with Gasteiger partial charge in [0.05, 0.1) is 11.4 Å². The van der Waals surface area contributed by atoms with Crippen molar-refractivity contribution in [2.45, 2.75) is 105 Å². The Hall–Kier alpha value is -7.04. The predicted molar refractivity (Wildman–Crippen MR) is 286 cm³/mol. The van der Waals surface area contributed by atoms with Crippen molar-refractivity contribution < 1.29 is 0 Å². The van der Waals surface area contributed by atoms with Gasteiger partial charge in [0.1, 0.15) is 11.6 Å². The molecule has 0 unspecified atom stereocenters. The van der Waals surface area contributed by atoms with Crippen LogP contribution in [0.15, 0.2) is 183 Å². The minimum atomic E-state index is 0.346. The lowest BCUT2D eigenvalue weighted by Crippen LogP contribution is -2.09. The van der Waals surface area contributed by atoms with E-state index in [1.807, 2.05) is 12.4 Å². The lowest BCUT2D eigenvalue weighted by atomic mass is 9.88. The second-order valence-electron chi connectivity index (χ2n) is 19.8. The van der Waals surface area contributed by atoms with E-state index in [2.05, 4.69) is 235 Å². The van der Waals surface area contributed by atoms with E-state index in [4.69, 9.17) is 9.97 Å². The van der Waals surface area contributed by atoms with Crippen LogP contribution in [0.5, 0.6) is 0 Å². The molecular weight excluding hydrogens is 825 g/mol. The summed E-state index contributed by atoms with van der Waals surface area (Å²) >= 11 is 0. The van der Waals surface area contributed by atoms with Gasteiger partial charge in [-0.25, -0.2) is 9.97 Å². The molecule has 9 aromatic rings. The highest BCUT2D eigenvalue weighted by Crippen LogP contribution is 2.40. The summed E-state index contributed by atoms with van der Waals surface area (Å²) in [4.78, 5) is 9.95. The summed E-state index contributed by atoms with van der Waals surface area (Å²) in [5.74, 6) is 3.35. The van der Waals surface area contributed by atoms with Gasteiger partial charge in [0.15, 0.2) is 0 Å². The molecule has 4 nitrogen and oxygen atoms in total. The quantitative estimate of drug-likeness (QED) is 0.0969. The molecule has 0 atom stereocenters. The SMILES string of the molecule is CC(C)c1cc(-c2ccccc2)cc(C(C)C)c1-n1ccnc1-c1cccc(CCc2ccc(CCc3cccc(-c4nccn4-c4c(C(C)C)cc(-c5ccccc5)cc4C(C)C)c3)cc2)c1. The predicted octanol–water partition coefficient (Wildman–Crippen LogP) is 16.8. The highest BCUT2D eigenvalue weighted by Gasteiger charge is 2.23. The van der Waals surface area contributed by atoms with E-state index in [1.54, 1.807) is 0 Å². The Morgan fingerprint density at radius 1 is 0.324 bits per heavy atom. The summed E-state index contributed by atoms with van der Waals surface area (Å²) in [6, 6.07) is 58.3. The third kappa shape index (κ3) is 9.97. The summed E-state index contributed by atoms with van der Waals surface area (Å²) in [6.07, 6.45) is 12.1. The monoisotopic (exact) mass is 891 g/mol. The van der Waals surface area contributed by atoms with Gasteiger partial charge in [0, 0.05) is 35.9 Å². The summed E-state index contributed by atoms with van der Waals surface area (Å²) in [6.45, 7) is 18.4. The fourth-order valence-electron chi connectivity index (χ4n) is 9.85. The van der Waals surface area contributed by atoms with Crippen molar-refractivity contribution in [3.8, 4) is 56.4 Å². The van der Waals surface area contributed by atoms with Crippen LogP contribution in [-0.4, -0.2) is 19.1 Å². The maximum atomic E-state index is 4.97. The molecule has 0 amide bonds. The first-order valence-corrected chi connectivity index (χ1v) is 24.8. The van der Waals surface area contributed by atoms with Gasteiger partial charge < -0.3 is 0 Å². The molecule has 9 rings (SSSR count). The fraction of sp³-hybridized carbons (Fsp3) is 0.250. The Kier molecular flexibility index (Phi) is 13.9. The summed E-state index contributed by atoms with van der Waals surface area (Å²) < 4.78 is 4.66. The van der Waals surface area contributed by atoms with Crippen molar-refractivity contribution in [1.82, 2.24) is 19.1 Å². The van der Waals surface area contributed by atoms with Crippen LogP contribution in [0.25, 0.3) is 56.4 Å². The summed E-state index contributed by atoms with van der Waals surface area (Å²) in [5.41, 5.74) is 20.6. The van der Waals surface area contributed by atoms with Gasteiger partial charge in [0.25, 0.3) is 0 Å². The summed E-state index contributed by atoms with van der Waals surface area (Å²) in [7, 11) is 0. The van der Waals surface area contributed by atoms with Crippen LogP contribution in [0, 0.1) is 0 Å². The molecule has 0 aliphatic heterocycles. The van der Waals surface area contributed by atoms with E-state index in [0.29, 0.717) is 23.7 Å². The Morgan fingerprint density at radius 2 is 0.647 bits per heavy atom. The summed E-state index contributed by atoms with van der Waals surface area (Å²) in [5, 5.41) is 0. The number of aromatic nitrogens is 4. The molecule has 68 heavy (non-hydrogen) atoms. The molecule has 0 aliphatic rings. The molecule has 0 aliphatic carbocycles. The zero-order valence-electron chi connectivity index (χ0n) is 41.2. The molecule has 0 fully saturated rings. The van der Waals surface area contributed by atoms with Crippen LogP contribution in [0.3, 0.4) is 0 Å². The molecule has 0 saturated carbocycles. The molecule has 2 aromatic heterocycles. The Balaban J connectivity index is 0.885. The molecule has 0 bridgehead atoms. The van der Waals surface area contributed by atoms with E-state index < -0.39 is 0 Å². The molecular formula is C64H66N4. The van der Waals surface area contributed by atoms with E-state index in [9.17, 15) is 0 Å². The Morgan fingerprint density at radius 3 is 0.985 bits per heavy atom. The molecule has 0 radical (unpaired) electrons. The minimum absolute atomic E-state index is 0.346. The highest BCUT2D eigenvalue weighted by atomic mass is 15.1. The molecule has 342 valence electrons. The third-order valence-corrected chi connectivity index (χ3v) is 13.6. The number of benzene rings is 7. The maximum absolute atomic E-state index is 4.97. The van der Waals surface area contributed by atoms with Crippen molar-refractivity contribution >= 4 is 0 Å². The topological polar surface area (TPSA) is 35.6 Å². The second kappa shape index (κ2) is 20.4. The molecule has 0 N–H and O–H groups in total. The van der Waals surface area contributed by atoms with Gasteiger partial charge in [-0.2, -0.15) is 0 Å². The number of aryl methyl sites for hydroxylation is 4. The largest absolute Gasteiger partial charge is 0.299 e. The van der Waals surface area contributed by atoms with Gasteiger partial charge in [-0.15, -0.1) is 0 Å². The van der Waals surface area contributed by atoms with Crippen molar-refractivity contribution in [2.75, 3.05) is 0 Å². The highest BCUT2D eigenvalue weighted by molar-refractivity contribution is 5.73. The van der Waals surface area contributed by atoms with Crippen molar-refractivity contribution in [3.05, 3.63) is 227 Å². The van der Waals surface area contributed by atoms with E-state index in [0.717, 1.165) is 48.5 Å². The normalized spacial score (nSPS) is 11.7. The lowest BCUT2D eigenvalue weighted by molar-refractivity contribution is 0.807. The van der Waals surface area contributed by atoms with Gasteiger partial charge in [0.2, 0.25) is 0 Å². The van der Waals surface area contributed by atoms with Crippen molar-refractivity contribution in [2.24, 2.45) is 0 Å². The first-order valence-electron chi connectivity index (χ1n) is 24.8. The number of rotatable bonds is 16. The average molecular weight is 891 g/mol. The smallest absolute Gasteiger partial charge is 0.144 e. The van der Waals surface area contributed by atoms with Crippen LogP contribution in [0.4, 0.5) is 0 Å². The average Bonchev–Trinajstić information content (AvgIpc) is 4.06. The molecule has 0 spiro atoms. The van der Waals surface area contributed by atoms with Crippen molar-refractivity contribution in [1.29, 1.82) is 0 Å². The first kappa shape index (κ1) is 46.1. The van der Waals surface area contributed by atoms with E-state index in [1.165, 1.54) is 78.1 Å². The zero-order valence-corrected chi connectivity index (χ0v) is 41.2. The minimum Gasteiger partial charge on any atom is -0.299 e. The van der Waals surface area contributed by atoms with E-state index >= 15 is 0 Å². The molecule has 4 heteroatoms. The standard InChI is InChI=1S/C64H66N4/c1-43(2)57-39-55(51-19-11-9-12-20-51)40-58(44(3)4)61(57)67-35-33-65-63(67)53-23-15-17-49(37-53)31-29-47-25-27-48(28-26-47)30-32-50-18-16-24-54(38-50)64-66-34-36-68(64)62-59(45(5)6)41-56(42-60(62)46(7)8)52-21-13-10-14-22-52/h9-28,33-46H,29-32H2,1-8H3. The number of hydrogen-bond donors (Lipinski definition) is 0.